The Morgan fingerprint density at radius 2 is 2.10 bits per heavy atom. The fourth-order valence-corrected chi connectivity index (χ4v) is 3.26. The van der Waals surface area contributed by atoms with Crippen LogP contribution in [0.4, 0.5) is 0 Å². The predicted molar refractivity (Wildman–Crippen MR) is 131 cm³/mol. The summed E-state index contributed by atoms with van der Waals surface area (Å²) >= 11 is 0. The van der Waals surface area contributed by atoms with Crippen molar-refractivity contribution in [1.82, 2.24) is 20.0 Å². The largest absolute Gasteiger partial charge is 0.497 e. The fraction of sp³-hybridized carbons (Fsp3) is 0.545. The van der Waals surface area contributed by atoms with E-state index in [0.29, 0.717) is 5.92 Å². The van der Waals surface area contributed by atoms with Crippen LogP contribution in [0.1, 0.15) is 49.9 Å². The monoisotopic (exact) mass is 513 g/mol. The summed E-state index contributed by atoms with van der Waals surface area (Å²) < 4.78 is 7.20. The molecule has 0 aliphatic heterocycles. The summed E-state index contributed by atoms with van der Waals surface area (Å²) in [6.07, 6.45) is 4.10. The maximum absolute atomic E-state index is 5.30. The number of aliphatic imine (C=N–C) groups is 1. The van der Waals surface area contributed by atoms with Crippen molar-refractivity contribution in [3.63, 3.8) is 0 Å². The van der Waals surface area contributed by atoms with Crippen LogP contribution in [-0.4, -0.2) is 47.9 Å². The molecule has 1 N–H and O–H groups in total. The molecule has 0 amide bonds. The lowest BCUT2D eigenvalue weighted by atomic mass is 10.1. The first-order valence-corrected chi connectivity index (χ1v) is 10.1. The molecule has 0 aliphatic carbocycles. The third-order valence-electron chi connectivity index (χ3n) is 4.61. The van der Waals surface area contributed by atoms with E-state index >= 15 is 0 Å². The van der Waals surface area contributed by atoms with Gasteiger partial charge in [0.1, 0.15) is 5.75 Å². The summed E-state index contributed by atoms with van der Waals surface area (Å²) in [5.74, 6) is 2.25. The highest BCUT2D eigenvalue weighted by molar-refractivity contribution is 14.0. The van der Waals surface area contributed by atoms with Gasteiger partial charge < -0.3 is 15.0 Å². The molecule has 0 aliphatic rings. The predicted octanol–water partition coefficient (Wildman–Crippen LogP) is 4.20. The quantitative estimate of drug-likeness (QED) is 0.237. The van der Waals surface area contributed by atoms with Crippen LogP contribution in [0.2, 0.25) is 0 Å². The van der Waals surface area contributed by atoms with Crippen molar-refractivity contribution in [1.29, 1.82) is 0 Å². The normalized spacial score (nSPS) is 11.3. The first-order valence-electron chi connectivity index (χ1n) is 10.1. The number of aromatic nitrogens is 2. The summed E-state index contributed by atoms with van der Waals surface area (Å²) in [5.41, 5.74) is 3.69. The second-order valence-corrected chi connectivity index (χ2v) is 7.41. The van der Waals surface area contributed by atoms with Gasteiger partial charge in [-0.05, 0) is 43.4 Å². The highest BCUT2D eigenvalue weighted by Gasteiger charge is 2.15. The molecule has 1 aromatic heterocycles. The van der Waals surface area contributed by atoms with Crippen molar-refractivity contribution in [3.05, 3.63) is 47.3 Å². The van der Waals surface area contributed by atoms with Crippen LogP contribution >= 0.6 is 24.0 Å². The van der Waals surface area contributed by atoms with E-state index in [1.54, 1.807) is 7.11 Å². The van der Waals surface area contributed by atoms with E-state index in [1.807, 2.05) is 23.9 Å². The smallest absolute Gasteiger partial charge is 0.193 e. The highest BCUT2D eigenvalue weighted by atomic mass is 127. The van der Waals surface area contributed by atoms with Gasteiger partial charge in [0.05, 0.1) is 12.8 Å². The van der Waals surface area contributed by atoms with Gasteiger partial charge in [-0.3, -0.25) is 9.67 Å². The molecule has 1 heterocycles. The van der Waals surface area contributed by atoms with Crippen molar-refractivity contribution in [3.8, 4) is 5.75 Å². The zero-order valence-electron chi connectivity index (χ0n) is 18.6. The Hall–Kier alpha value is -1.77. The number of methoxy groups -OCH3 is 1. The van der Waals surface area contributed by atoms with Gasteiger partial charge in [-0.2, -0.15) is 5.10 Å². The molecule has 0 fully saturated rings. The second-order valence-electron chi connectivity index (χ2n) is 7.41. The number of ether oxygens (including phenoxy) is 1. The Bertz CT molecular complexity index is 772. The summed E-state index contributed by atoms with van der Waals surface area (Å²) in [6.45, 7) is 8.90. The van der Waals surface area contributed by atoms with E-state index in [1.165, 1.54) is 11.1 Å². The zero-order valence-corrected chi connectivity index (χ0v) is 20.9. The summed E-state index contributed by atoms with van der Waals surface area (Å²) in [5, 5.41) is 8.01. The number of benzene rings is 1. The average molecular weight is 513 g/mol. The van der Waals surface area contributed by atoms with Gasteiger partial charge in [0.15, 0.2) is 5.96 Å². The van der Waals surface area contributed by atoms with Crippen LogP contribution in [0.15, 0.2) is 35.5 Å². The van der Waals surface area contributed by atoms with Crippen LogP contribution < -0.4 is 10.1 Å². The van der Waals surface area contributed by atoms with E-state index in [9.17, 15) is 0 Å². The van der Waals surface area contributed by atoms with Gasteiger partial charge in [-0.15, -0.1) is 24.0 Å². The highest BCUT2D eigenvalue weighted by Crippen LogP contribution is 2.18. The summed E-state index contributed by atoms with van der Waals surface area (Å²) in [6, 6.07) is 8.25. The third kappa shape index (κ3) is 7.87. The van der Waals surface area contributed by atoms with Crippen LogP contribution in [0.3, 0.4) is 0 Å². The van der Waals surface area contributed by atoms with Crippen molar-refractivity contribution in [2.45, 2.75) is 46.1 Å². The standard InChI is InChI=1S/C22H35N5O.HI/c1-7-23-22(24-13-9-11-18-10-8-12-20(14-18)28-6)26(4)15-19-16-27(5)25-21(19)17(2)3;/h8,10,12,14,16-17H,7,9,11,13,15H2,1-6H3,(H,23,24);1H. The van der Waals surface area contributed by atoms with Gasteiger partial charge in [0.2, 0.25) is 0 Å². The zero-order chi connectivity index (χ0) is 20.5. The Kier molecular flexibility index (Phi) is 11.1. The molecular weight excluding hydrogens is 477 g/mol. The molecule has 2 aromatic rings. The molecule has 1 aromatic carbocycles. The number of hydrogen-bond donors (Lipinski definition) is 1. The van der Waals surface area contributed by atoms with E-state index < -0.39 is 0 Å². The van der Waals surface area contributed by atoms with E-state index in [2.05, 4.69) is 61.5 Å². The molecule has 6 nitrogen and oxygen atoms in total. The summed E-state index contributed by atoms with van der Waals surface area (Å²) in [7, 11) is 5.77. The molecule has 29 heavy (non-hydrogen) atoms. The van der Waals surface area contributed by atoms with Crippen molar-refractivity contribution in [2.75, 3.05) is 27.2 Å². The molecule has 7 heteroatoms. The maximum Gasteiger partial charge on any atom is 0.193 e. The average Bonchev–Trinajstić information content (AvgIpc) is 3.04. The third-order valence-corrected chi connectivity index (χ3v) is 4.61. The molecule has 0 atom stereocenters. The number of aryl methyl sites for hydroxylation is 2. The van der Waals surface area contributed by atoms with Crippen LogP contribution in [0.25, 0.3) is 0 Å². The number of guanidine groups is 1. The SMILES string of the molecule is CCNC(=NCCCc1cccc(OC)c1)N(C)Cc1cn(C)nc1C(C)C.I. The lowest BCUT2D eigenvalue weighted by Crippen LogP contribution is -2.38. The van der Waals surface area contributed by atoms with Crippen molar-refractivity contribution in [2.24, 2.45) is 12.0 Å². The minimum atomic E-state index is 0. The lowest BCUT2D eigenvalue weighted by molar-refractivity contribution is 0.414. The summed E-state index contributed by atoms with van der Waals surface area (Å²) in [4.78, 5) is 7.00. The lowest BCUT2D eigenvalue weighted by Gasteiger charge is -2.22. The number of nitrogens with zero attached hydrogens (tertiary/aromatic N) is 4. The topological polar surface area (TPSA) is 54.7 Å². The fourth-order valence-electron chi connectivity index (χ4n) is 3.26. The van der Waals surface area contributed by atoms with Crippen LogP contribution in [0, 0.1) is 0 Å². The molecule has 0 saturated heterocycles. The molecule has 162 valence electrons. The van der Waals surface area contributed by atoms with Crippen LogP contribution in [0.5, 0.6) is 5.75 Å². The molecular formula is C22H36IN5O. The molecule has 0 spiro atoms. The number of nitrogens with one attached hydrogen (secondary N) is 1. The van der Waals surface area contributed by atoms with Gasteiger partial charge in [-0.25, -0.2) is 0 Å². The maximum atomic E-state index is 5.30. The molecule has 0 radical (unpaired) electrons. The Morgan fingerprint density at radius 1 is 1.34 bits per heavy atom. The van der Waals surface area contributed by atoms with Gasteiger partial charge in [0.25, 0.3) is 0 Å². The molecule has 0 unspecified atom stereocenters. The number of hydrogen-bond acceptors (Lipinski definition) is 3. The number of rotatable bonds is 9. The van der Waals surface area contributed by atoms with Crippen molar-refractivity contribution >= 4 is 29.9 Å². The first kappa shape index (κ1) is 25.3. The number of halogens is 1. The second kappa shape index (κ2) is 12.7. The Morgan fingerprint density at radius 3 is 2.76 bits per heavy atom. The van der Waals surface area contributed by atoms with Crippen LogP contribution in [-0.2, 0) is 20.0 Å². The minimum absolute atomic E-state index is 0. The molecule has 0 bridgehead atoms. The van der Waals surface area contributed by atoms with E-state index in [0.717, 1.165) is 49.9 Å². The van der Waals surface area contributed by atoms with Gasteiger partial charge in [-0.1, -0.05) is 26.0 Å². The van der Waals surface area contributed by atoms with Crippen molar-refractivity contribution < 1.29 is 4.74 Å². The van der Waals surface area contributed by atoms with Gasteiger partial charge >= 0.3 is 0 Å². The Balaban J connectivity index is 0.00000420. The molecule has 0 saturated carbocycles. The Labute approximate surface area is 192 Å². The van der Waals surface area contributed by atoms with E-state index in [4.69, 9.17) is 9.73 Å². The van der Waals surface area contributed by atoms with Gasteiger partial charge in [0, 0.05) is 45.5 Å². The first-order chi connectivity index (χ1) is 13.4. The minimum Gasteiger partial charge on any atom is -0.497 e. The van der Waals surface area contributed by atoms with E-state index in [-0.39, 0.29) is 24.0 Å². The molecule has 2 rings (SSSR count).